The molecule has 0 saturated heterocycles. The fraction of sp³-hybridized carbons (Fsp3) is 0.391. The molecule has 0 radical (unpaired) electrons. The number of nitrogens with one attached hydrogen (secondary N) is 3. The maximum Gasteiger partial charge on any atom is 0.223 e. The Hall–Kier alpha value is -3.27. The number of H-pyrrole nitrogens is 1. The fourth-order valence-electron chi connectivity index (χ4n) is 4.17. The van der Waals surface area contributed by atoms with Crippen LogP contribution in [0, 0.1) is 5.92 Å². The number of aromatic nitrogens is 3. The highest BCUT2D eigenvalue weighted by atomic mass is 32.2. The molecule has 2 heterocycles. The molecule has 2 aromatic heterocycles. The molecule has 0 bridgehead atoms. The minimum Gasteiger partial charge on any atom is -0.356 e. The van der Waals surface area contributed by atoms with Crippen LogP contribution in [0.5, 0.6) is 0 Å². The molecule has 0 unspecified atom stereocenters. The van der Waals surface area contributed by atoms with Crippen molar-refractivity contribution in [1.82, 2.24) is 20.3 Å². The van der Waals surface area contributed by atoms with E-state index in [0.29, 0.717) is 42.8 Å². The van der Waals surface area contributed by atoms with Crippen LogP contribution in [0.2, 0.25) is 0 Å². The van der Waals surface area contributed by atoms with Gasteiger partial charge >= 0.3 is 0 Å². The van der Waals surface area contributed by atoms with Crippen LogP contribution in [0.4, 0.5) is 11.5 Å². The van der Waals surface area contributed by atoms with E-state index in [9.17, 15) is 18.0 Å². The Bertz CT molecular complexity index is 1300. The minimum atomic E-state index is -3.03. The van der Waals surface area contributed by atoms with E-state index in [1.807, 2.05) is 12.1 Å². The third kappa shape index (κ3) is 5.39. The molecule has 0 saturated carbocycles. The van der Waals surface area contributed by atoms with E-state index in [4.69, 9.17) is 0 Å². The number of hydrogen-bond donors (Lipinski definition) is 3. The molecule has 4 rings (SSSR count). The zero-order chi connectivity index (χ0) is 23.6. The summed E-state index contributed by atoms with van der Waals surface area (Å²) in [5.41, 5.74) is 4.23. The largest absolute Gasteiger partial charge is 0.356 e. The second-order valence-corrected chi connectivity index (χ2v) is 10.8. The molecule has 33 heavy (non-hydrogen) atoms. The molecule has 3 aromatic rings. The Balaban J connectivity index is 1.51. The van der Waals surface area contributed by atoms with E-state index in [0.717, 1.165) is 28.8 Å². The average Bonchev–Trinajstić information content (AvgIpc) is 3.15. The first kappa shape index (κ1) is 22.9. The van der Waals surface area contributed by atoms with Gasteiger partial charge in [0.15, 0.2) is 5.78 Å². The molecule has 1 aliphatic rings. The Kier molecular flexibility index (Phi) is 6.46. The molecule has 0 fully saturated rings. The van der Waals surface area contributed by atoms with Crippen molar-refractivity contribution in [3.63, 3.8) is 0 Å². The number of rotatable bonds is 8. The van der Waals surface area contributed by atoms with Crippen LogP contribution in [0.25, 0.3) is 11.0 Å². The van der Waals surface area contributed by atoms with Gasteiger partial charge in [-0.1, -0.05) is 0 Å². The standard InChI is InChI=1S/C23H27N5O4S/c1-14(29)15-4-7-17(8-5-15)27-21-20-18-12-16(23(30)24-10-3-11-33(2,31)32)6-9-19(18)28-22(20)26-13-25-21/h4-5,7-8,13,16H,3,6,9-12H2,1-2H3,(H,24,30)(H2,25,26,27,28)/t16-/m0/s1. The highest BCUT2D eigenvalue weighted by Crippen LogP contribution is 2.35. The summed E-state index contributed by atoms with van der Waals surface area (Å²) in [6.07, 6.45) is 5.07. The molecule has 0 aliphatic heterocycles. The Labute approximate surface area is 192 Å². The molecule has 174 valence electrons. The Morgan fingerprint density at radius 3 is 2.64 bits per heavy atom. The zero-order valence-electron chi connectivity index (χ0n) is 18.6. The quantitative estimate of drug-likeness (QED) is 0.341. The number of aromatic amines is 1. The third-order valence-electron chi connectivity index (χ3n) is 5.89. The Morgan fingerprint density at radius 1 is 1.18 bits per heavy atom. The van der Waals surface area contributed by atoms with E-state index >= 15 is 0 Å². The lowest BCUT2D eigenvalue weighted by Gasteiger charge is -2.22. The van der Waals surface area contributed by atoms with Gasteiger partial charge < -0.3 is 15.6 Å². The number of anilines is 2. The number of amides is 1. The number of Topliss-reactive ketones (excluding diaryl/α,β-unsaturated/α-hetero) is 1. The van der Waals surface area contributed by atoms with E-state index in [1.54, 1.807) is 12.1 Å². The second-order valence-electron chi connectivity index (χ2n) is 8.50. The van der Waals surface area contributed by atoms with Crippen LogP contribution in [-0.4, -0.2) is 53.6 Å². The van der Waals surface area contributed by atoms with Gasteiger partial charge in [0.25, 0.3) is 0 Å². The number of nitrogens with zero attached hydrogens (tertiary/aromatic N) is 2. The predicted molar refractivity (Wildman–Crippen MR) is 126 cm³/mol. The van der Waals surface area contributed by atoms with Crippen molar-refractivity contribution < 1.29 is 18.0 Å². The number of fused-ring (bicyclic) bond motifs is 3. The first-order valence-corrected chi connectivity index (χ1v) is 12.9. The van der Waals surface area contributed by atoms with Crippen LogP contribution in [-0.2, 0) is 27.5 Å². The fourth-order valence-corrected chi connectivity index (χ4v) is 4.84. The summed E-state index contributed by atoms with van der Waals surface area (Å²) < 4.78 is 22.5. The summed E-state index contributed by atoms with van der Waals surface area (Å²) >= 11 is 0. The van der Waals surface area contributed by atoms with Crippen molar-refractivity contribution in [2.24, 2.45) is 5.92 Å². The van der Waals surface area contributed by atoms with E-state index < -0.39 is 9.84 Å². The lowest BCUT2D eigenvalue weighted by atomic mass is 9.86. The molecule has 3 N–H and O–H groups in total. The van der Waals surface area contributed by atoms with Crippen molar-refractivity contribution in [2.75, 3.05) is 23.9 Å². The van der Waals surface area contributed by atoms with Gasteiger partial charge in [0.1, 0.15) is 27.6 Å². The van der Waals surface area contributed by atoms with Crippen LogP contribution < -0.4 is 10.6 Å². The summed E-state index contributed by atoms with van der Waals surface area (Å²) in [5, 5.41) is 7.05. The van der Waals surface area contributed by atoms with Crippen molar-refractivity contribution in [3.8, 4) is 0 Å². The molecule has 9 nitrogen and oxygen atoms in total. The van der Waals surface area contributed by atoms with Gasteiger partial charge in [-0.2, -0.15) is 0 Å². The first-order valence-electron chi connectivity index (χ1n) is 10.9. The zero-order valence-corrected chi connectivity index (χ0v) is 19.5. The van der Waals surface area contributed by atoms with Crippen LogP contribution >= 0.6 is 0 Å². The average molecular weight is 470 g/mol. The molecule has 10 heteroatoms. The smallest absolute Gasteiger partial charge is 0.223 e. The number of aryl methyl sites for hydroxylation is 1. The van der Waals surface area contributed by atoms with Crippen molar-refractivity contribution >= 4 is 44.1 Å². The lowest BCUT2D eigenvalue weighted by molar-refractivity contribution is -0.125. The van der Waals surface area contributed by atoms with Gasteiger partial charge in [-0.05, 0) is 62.4 Å². The van der Waals surface area contributed by atoms with Crippen molar-refractivity contribution in [3.05, 3.63) is 47.4 Å². The van der Waals surface area contributed by atoms with Gasteiger partial charge in [0, 0.05) is 35.7 Å². The summed E-state index contributed by atoms with van der Waals surface area (Å²) in [5.74, 6) is 0.450. The van der Waals surface area contributed by atoms with Crippen molar-refractivity contribution in [2.45, 2.75) is 32.6 Å². The van der Waals surface area contributed by atoms with Crippen molar-refractivity contribution in [1.29, 1.82) is 0 Å². The number of hydrogen-bond acceptors (Lipinski definition) is 7. The van der Waals surface area contributed by atoms with Gasteiger partial charge in [-0.15, -0.1) is 0 Å². The molecular weight excluding hydrogens is 442 g/mol. The highest BCUT2D eigenvalue weighted by molar-refractivity contribution is 7.90. The SMILES string of the molecule is CC(=O)c1ccc(Nc2ncnc3[nH]c4c(c23)C[C@@H](C(=O)NCCCS(C)(=O)=O)CC4)cc1. The van der Waals surface area contributed by atoms with Gasteiger partial charge in [-0.25, -0.2) is 18.4 Å². The van der Waals surface area contributed by atoms with Gasteiger partial charge in [-0.3, -0.25) is 9.59 Å². The predicted octanol–water partition coefficient (Wildman–Crippen LogP) is 2.56. The number of carbonyl (C=O) groups is 2. The van der Waals surface area contributed by atoms with Crippen LogP contribution in [0.3, 0.4) is 0 Å². The maximum absolute atomic E-state index is 12.7. The van der Waals surface area contributed by atoms with E-state index in [1.165, 1.54) is 19.5 Å². The molecule has 1 aromatic carbocycles. The summed E-state index contributed by atoms with van der Waals surface area (Å²) in [6.45, 7) is 1.87. The molecule has 1 amide bonds. The topological polar surface area (TPSA) is 134 Å². The number of carbonyl (C=O) groups excluding carboxylic acids is 2. The first-order chi connectivity index (χ1) is 15.7. The maximum atomic E-state index is 12.7. The molecule has 1 aliphatic carbocycles. The number of sulfone groups is 1. The number of ketones is 1. The number of benzene rings is 1. The van der Waals surface area contributed by atoms with Crippen LogP contribution in [0.15, 0.2) is 30.6 Å². The highest BCUT2D eigenvalue weighted by Gasteiger charge is 2.29. The monoisotopic (exact) mass is 469 g/mol. The summed E-state index contributed by atoms with van der Waals surface area (Å²) in [4.78, 5) is 36.4. The van der Waals surface area contributed by atoms with Gasteiger partial charge in [0.2, 0.25) is 5.91 Å². The van der Waals surface area contributed by atoms with Gasteiger partial charge in [0.05, 0.1) is 11.1 Å². The lowest BCUT2D eigenvalue weighted by Crippen LogP contribution is -2.35. The molecule has 0 spiro atoms. The Morgan fingerprint density at radius 2 is 1.94 bits per heavy atom. The minimum absolute atomic E-state index is 0.00585. The molecular formula is C23H27N5O4S. The second kappa shape index (κ2) is 9.30. The summed E-state index contributed by atoms with van der Waals surface area (Å²) in [7, 11) is -3.03. The third-order valence-corrected chi connectivity index (χ3v) is 6.92. The molecule has 1 atom stereocenters. The van der Waals surface area contributed by atoms with E-state index in [2.05, 4.69) is 25.6 Å². The normalized spacial score (nSPS) is 15.8. The van der Waals surface area contributed by atoms with Crippen LogP contribution in [0.1, 0.15) is 41.4 Å². The summed E-state index contributed by atoms with van der Waals surface area (Å²) in [6, 6.07) is 7.19. The van der Waals surface area contributed by atoms with E-state index in [-0.39, 0.29) is 23.4 Å².